The maximum absolute atomic E-state index is 5.08. The van der Waals surface area contributed by atoms with Gasteiger partial charge in [-0.3, -0.25) is 4.98 Å². The van der Waals surface area contributed by atoms with Crippen LogP contribution in [0, 0.1) is 0 Å². The Morgan fingerprint density at radius 2 is 1.16 bits per heavy atom. The van der Waals surface area contributed by atoms with Crippen molar-refractivity contribution < 1.29 is 0 Å². The molecular weight excluding hydrogens is 458 g/mol. The fourth-order valence-corrected chi connectivity index (χ4v) is 7.39. The number of nitrogens with zero attached hydrogens (tertiary/aromatic N) is 1. The standard InChI is InChI=1S/C37H27N/c1-36(2)29-19-10-9-17-26(29)28-23-32-34(27-18-11-20-30(36)33(27)28)35-31(21-12-22-38-35)37(32,24-13-5-3-6-14-24)25-15-7-4-8-16-25/h3-23H,1-2H3. The molecule has 180 valence electrons. The molecule has 0 atom stereocenters. The van der Waals surface area contributed by atoms with E-state index in [1.807, 2.05) is 6.20 Å². The summed E-state index contributed by atoms with van der Waals surface area (Å²) in [7, 11) is 0. The van der Waals surface area contributed by atoms with Crippen LogP contribution in [0.25, 0.3) is 33.2 Å². The third-order valence-electron chi connectivity index (χ3n) is 8.99. The maximum atomic E-state index is 5.08. The summed E-state index contributed by atoms with van der Waals surface area (Å²) < 4.78 is 0. The second-order valence-corrected chi connectivity index (χ2v) is 11.1. The van der Waals surface area contributed by atoms with Crippen LogP contribution in [0.2, 0.25) is 0 Å². The minimum atomic E-state index is -0.454. The van der Waals surface area contributed by atoms with Crippen LogP contribution in [-0.2, 0) is 10.8 Å². The summed E-state index contributed by atoms with van der Waals surface area (Å²) in [4.78, 5) is 5.08. The minimum Gasteiger partial charge on any atom is -0.256 e. The summed E-state index contributed by atoms with van der Waals surface area (Å²) in [6.45, 7) is 4.72. The summed E-state index contributed by atoms with van der Waals surface area (Å²) in [5, 5.41) is 2.66. The highest BCUT2D eigenvalue weighted by molar-refractivity contribution is 6.12. The molecule has 0 unspecified atom stereocenters. The predicted octanol–water partition coefficient (Wildman–Crippen LogP) is 8.90. The Balaban J connectivity index is 1.63. The lowest BCUT2D eigenvalue weighted by atomic mass is 9.65. The molecule has 0 aliphatic heterocycles. The Labute approximate surface area is 223 Å². The number of hydrogen-bond donors (Lipinski definition) is 0. The largest absolute Gasteiger partial charge is 0.256 e. The molecule has 8 rings (SSSR count). The molecule has 0 radical (unpaired) electrons. The highest BCUT2D eigenvalue weighted by Crippen LogP contribution is 2.60. The predicted molar refractivity (Wildman–Crippen MR) is 157 cm³/mol. The Kier molecular flexibility index (Phi) is 4.27. The first kappa shape index (κ1) is 21.6. The van der Waals surface area contributed by atoms with Crippen molar-refractivity contribution >= 4 is 10.8 Å². The van der Waals surface area contributed by atoms with Gasteiger partial charge in [0, 0.05) is 17.2 Å². The summed E-state index contributed by atoms with van der Waals surface area (Å²) in [5.74, 6) is 0. The molecule has 0 N–H and O–H groups in total. The topological polar surface area (TPSA) is 12.9 Å². The number of benzene rings is 5. The van der Waals surface area contributed by atoms with E-state index < -0.39 is 5.41 Å². The van der Waals surface area contributed by atoms with Crippen LogP contribution in [0.4, 0.5) is 0 Å². The highest BCUT2D eigenvalue weighted by atomic mass is 14.7. The fourth-order valence-electron chi connectivity index (χ4n) is 7.39. The van der Waals surface area contributed by atoms with Gasteiger partial charge in [0.2, 0.25) is 0 Å². The van der Waals surface area contributed by atoms with Gasteiger partial charge in [0.05, 0.1) is 11.1 Å². The zero-order chi connectivity index (χ0) is 25.5. The zero-order valence-corrected chi connectivity index (χ0v) is 21.6. The maximum Gasteiger partial charge on any atom is 0.0759 e. The second kappa shape index (κ2) is 7.52. The summed E-state index contributed by atoms with van der Waals surface area (Å²) >= 11 is 0. The van der Waals surface area contributed by atoms with Gasteiger partial charge in [-0.1, -0.05) is 123 Å². The Hall–Kier alpha value is -4.49. The lowest BCUT2D eigenvalue weighted by Crippen LogP contribution is -2.29. The van der Waals surface area contributed by atoms with Crippen LogP contribution in [0.3, 0.4) is 0 Å². The quantitative estimate of drug-likeness (QED) is 0.238. The lowest BCUT2D eigenvalue weighted by molar-refractivity contribution is 0.645. The number of pyridine rings is 1. The van der Waals surface area contributed by atoms with Gasteiger partial charge in [-0.05, 0) is 67.4 Å². The van der Waals surface area contributed by atoms with Gasteiger partial charge in [-0.2, -0.15) is 0 Å². The van der Waals surface area contributed by atoms with Crippen molar-refractivity contribution in [3.8, 4) is 22.4 Å². The summed E-state index contributed by atoms with van der Waals surface area (Å²) in [5.41, 5.74) is 12.4. The molecule has 0 saturated heterocycles. The van der Waals surface area contributed by atoms with Crippen LogP contribution in [0.1, 0.15) is 47.2 Å². The van der Waals surface area contributed by atoms with Crippen molar-refractivity contribution in [3.63, 3.8) is 0 Å². The van der Waals surface area contributed by atoms with E-state index >= 15 is 0 Å². The highest BCUT2D eigenvalue weighted by Gasteiger charge is 2.48. The van der Waals surface area contributed by atoms with Crippen LogP contribution in [0.15, 0.2) is 128 Å². The van der Waals surface area contributed by atoms with Crippen molar-refractivity contribution in [1.82, 2.24) is 4.98 Å². The molecule has 0 bridgehead atoms. The molecule has 1 heteroatoms. The van der Waals surface area contributed by atoms with Crippen LogP contribution in [0.5, 0.6) is 0 Å². The van der Waals surface area contributed by atoms with Gasteiger partial charge in [0.25, 0.3) is 0 Å². The van der Waals surface area contributed by atoms with Crippen molar-refractivity contribution in [1.29, 1.82) is 0 Å². The number of rotatable bonds is 2. The van der Waals surface area contributed by atoms with E-state index in [1.54, 1.807) is 0 Å². The Morgan fingerprint density at radius 1 is 0.526 bits per heavy atom. The summed E-state index contributed by atoms with van der Waals surface area (Å²) in [6.07, 6.45) is 1.95. The van der Waals surface area contributed by atoms with Crippen molar-refractivity contribution in [2.45, 2.75) is 24.7 Å². The molecule has 38 heavy (non-hydrogen) atoms. The van der Waals surface area contributed by atoms with Crippen LogP contribution in [-0.4, -0.2) is 4.98 Å². The molecule has 1 heterocycles. The van der Waals surface area contributed by atoms with Crippen molar-refractivity contribution in [3.05, 3.63) is 161 Å². The number of aromatic nitrogens is 1. The molecule has 1 aromatic heterocycles. The molecule has 1 nitrogen and oxygen atoms in total. The third-order valence-corrected chi connectivity index (χ3v) is 8.99. The van der Waals surface area contributed by atoms with Gasteiger partial charge in [0.15, 0.2) is 0 Å². The SMILES string of the molecule is CC1(C)c2ccccc2-c2cc3c(c4cccc1c24)-c1ncccc1C3(c1ccccc1)c1ccccc1. The first-order chi connectivity index (χ1) is 18.6. The monoisotopic (exact) mass is 485 g/mol. The molecule has 0 fully saturated rings. The second-order valence-electron chi connectivity index (χ2n) is 11.1. The molecule has 2 aliphatic rings. The van der Waals surface area contributed by atoms with E-state index in [2.05, 4.69) is 135 Å². The molecule has 0 spiro atoms. The average molecular weight is 486 g/mol. The summed E-state index contributed by atoms with van der Waals surface area (Å²) in [6, 6.07) is 44.7. The van der Waals surface area contributed by atoms with E-state index in [4.69, 9.17) is 4.98 Å². The third kappa shape index (κ3) is 2.54. The van der Waals surface area contributed by atoms with E-state index in [-0.39, 0.29) is 5.41 Å². The van der Waals surface area contributed by atoms with Gasteiger partial charge >= 0.3 is 0 Å². The first-order valence-electron chi connectivity index (χ1n) is 13.4. The molecule has 6 aromatic rings. The zero-order valence-electron chi connectivity index (χ0n) is 21.6. The molecule has 5 aromatic carbocycles. The smallest absolute Gasteiger partial charge is 0.0759 e. The van der Waals surface area contributed by atoms with Crippen molar-refractivity contribution in [2.75, 3.05) is 0 Å². The lowest BCUT2D eigenvalue weighted by Gasteiger charge is -2.37. The Morgan fingerprint density at radius 3 is 1.89 bits per heavy atom. The first-order valence-corrected chi connectivity index (χ1v) is 13.4. The van der Waals surface area contributed by atoms with E-state index in [0.717, 1.165) is 5.69 Å². The van der Waals surface area contributed by atoms with Gasteiger partial charge < -0.3 is 0 Å². The van der Waals surface area contributed by atoms with Gasteiger partial charge in [-0.15, -0.1) is 0 Å². The van der Waals surface area contributed by atoms with Crippen LogP contribution >= 0.6 is 0 Å². The Bertz CT molecular complexity index is 1840. The molecule has 0 amide bonds. The fraction of sp³-hybridized carbons (Fsp3) is 0.108. The minimum absolute atomic E-state index is 0.0845. The molecule has 0 saturated carbocycles. The molecule has 2 aliphatic carbocycles. The van der Waals surface area contributed by atoms with Crippen LogP contribution < -0.4 is 0 Å². The number of fused-ring (bicyclic) bond motifs is 6. The van der Waals surface area contributed by atoms with Gasteiger partial charge in [0.1, 0.15) is 0 Å². The van der Waals surface area contributed by atoms with E-state index in [9.17, 15) is 0 Å². The molecular formula is C37H27N. The van der Waals surface area contributed by atoms with Crippen molar-refractivity contribution in [2.24, 2.45) is 0 Å². The van der Waals surface area contributed by atoms with E-state index in [0.29, 0.717) is 0 Å². The normalized spacial score (nSPS) is 15.5. The van der Waals surface area contributed by atoms with E-state index in [1.165, 1.54) is 60.8 Å². The number of hydrogen-bond acceptors (Lipinski definition) is 1. The average Bonchev–Trinajstić information content (AvgIpc) is 3.28. The van der Waals surface area contributed by atoms with Gasteiger partial charge in [-0.25, -0.2) is 0 Å².